The molecule has 0 bridgehead atoms. The number of methoxy groups -OCH3 is 1. The first kappa shape index (κ1) is 16.8. The Labute approximate surface area is 145 Å². The minimum Gasteiger partial charge on any atom is -0.382 e. The van der Waals surface area contributed by atoms with E-state index in [4.69, 9.17) is 4.74 Å². The lowest BCUT2D eigenvalue weighted by atomic mass is 10.1. The quantitative estimate of drug-likeness (QED) is 0.746. The van der Waals surface area contributed by atoms with Gasteiger partial charge < -0.3 is 9.64 Å². The molecule has 0 fully saturated rings. The molecular formula is C18H19N5O2. The Morgan fingerprint density at radius 2 is 1.92 bits per heavy atom. The molecule has 0 spiro atoms. The Morgan fingerprint density at radius 3 is 2.56 bits per heavy atom. The first-order valence-corrected chi connectivity index (χ1v) is 7.84. The summed E-state index contributed by atoms with van der Waals surface area (Å²) < 4.78 is 5.27. The van der Waals surface area contributed by atoms with E-state index in [1.165, 1.54) is 0 Å². The Bertz CT molecular complexity index is 820. The van der Waals surface area contributed by atoms with Crippen LogP contribution in [0.5, 0.6) is 0 Å². The van der Waals surface area contributed by atoms with Crippen LogP contribution >= 0.6 is 0 Å². The fraction of sp³-hybridized carbons (Fsp3) is 0.222. The van der Waals surface area contributed by atoms with Crippen molar-refractivity contribution in [2.75, 3.05) is 20.8 Å². The average molecular weight is 337 g/mol. The maximum absolute atomic E-state index is 12.8. The first-order valence-electron chi connectivity index (χ1n) is 7.84. The van der Waals surface area contributed by atoms with Crippen LogP contribution in [0.1, 0.15) is 22.2 Å². The van der Waals surface area contributed by atoms with E-state index in [-0.39, 0.29) is 11.9 Å². The molecular weight excluding hydrogens is 318 g/mol. The normalized spacial score (nSPS) is 11.9. The van der Waals surface area contributed by atoms with Crippen molar-refractivity contribution in [2.45, 2.75) is 6.04 Å². The van der Waals surface area contributed by atoms with E-state index in [1.54, 1.807) is 37.5 Å². The molecule has 0 unspecified atom stereocenters. The lowest BCUT2D eigenvalue weighted by Crippen LogP contribution is -2.34. The third kappa shape index (κ3) is 3.72. The van der Waals surface area contributed by atoms with Crippen molar-refractivity contribution in [2.24, 2.45) is 0 Å². The third-order valence-corrected chi connectivity index (χ3v) is 3.88. The fourth-order valence-corrected chi connectivity index (χ4v) is 2.53. The SMILES string of the molecule is COC[C@@H](c1ccccn1)N(C)C(=O)c1cc(-c2ccccn2)n[nH]1. The number of hydrogen-bond donors (Lipinski definition) is 1. The molecule has 1 amide bonds. The molecule has 7 heteroatoms. The predicted molar refractivity (Wildman–Crippen MR) is 92.8 cm³/mol. The van der Waals surface area contributed by atoms with E-state index in [1.807, 2.05) is 36.4 Å². The third-order valence-electron chi connectivity index (χ3n) is 3.88. The number of H-pyrrole nitrogens is 1. The number of hydrogen-bond acceptors (Lipinski definition) is 5. The molecule has 3 rings (SSSR count). The van der Waals surface area contributed by atoms with Crippen LogP contribution in [-0.2, 0) is 4.74 Å². The van der Waals surface area contributed by atoms with Crippen LogP contribution in [0.4, 0.5) is 0 Å². The highest BCUT2D eigenvalue weighted by atomic mass is 16.5. The van der Waals surface area contributed by atoms with Gasteiger partial charge in [-0.15, -0.1) is 0 Å². The minimum absolute atomic E-state index is 0.192. The molecule has 1 atom stereocenters. The molecule has 0 saturated carbocycles. The van der Waals surface area contributed by atoms with Crippen molar-refractivity contribution in [3.05, 3.63) is 66.2 Å². The van der Waals surface area contributed by atoms with Crippen LogP contribution in [0.25, 0.3) is 11.4 Å². The average Bonchev–Trinajstić information content (AvgIpc) is 3.16. The molecule has 0 radical (unpaired) electrons. The number of carbonyl (C=O) groups is 1. The number of rotatable bonds is 6. The molecule has 0 aliphatic heterocycles. The summed E-state index contributed by atoms with van der Waals surface area (Å²) in [7, 11) is 3.33. The molecule has 3 aromatic rings. The number of nitrogens with one attached hydrogen (secondary N) is 1. The minimum atomic E-state index is -0.291. The van der Waals surface area contributed by atoms with Gasteiger partial charge in [0.2, 0.25) is 0 Å². The van der Waals surface area contributed by atoms with Crippen LogP contribution in [0.2, 0.25) is 0 Å². The van der Waals surface area contributed by atoms with Gasteiger partial charge in [0, 0.05) is 26.6 Å². The number of aromatic nitrogens is 4. The monoisotopic (exact) mass is 337 g/mol. The smallest absolute Gasteiger partial charge is 0.272 e. The topological polar surface area (TPSA) is 84.0 Å². The molecule has 3 aromatic heterocycles. The van der Waals surface area contributed by atoms with Crippen LogP contribution in [0.15, 0.2) is 54.9 Å². The Kier molecular flexibility index (Phi) is 5.15. The number of pyridine rings is 2. The zero-order valence-corrected chi connectivity index (χ0v) is 14.1. The van der Waals surface area contributed by atoms with E-state index in [2.05, 4.69) is 20.2 Å². The highest BCUT2D eigenvalue weighted by Crippen LogP contribution is 2.21. The molecule has 0 aliphatic carbocycles. The van der Waals surface area contributed by atoms with Gasteiger partial charge in [-0.25, -0.2) is 0 Å². The molecule has 0 aliphatic rings. The van der Waals surface area contributed by atoms with Gasteiger partial charge in [-0.05, 0) is 30.3 Å². The van der Waals surface area contributed by atoms with Gasteiger partial charge in [0.1, 0.15) is 11.4 Å². The van der Waals surface area contributed by atoms with Crippen LogP contribution in [0.3, 0.4) is 0 Å². The maximum atomic E-state index is 12.8. The second-order valence-corrected chi connectivity index (χ2v) is 5.52. The summed E-state index contributed by atoms with van der Waals surface area (Å²) in [5.41, 5.74) is 2.49. The summed E-state index contributed by atoms with van der Waals surface area (Å²) in [5.74, 6) is -0.192. The molecule has 25 heavy (non-hydrogen) atoms. The zero-order valence-electron chi connectivity index (χ0n) is 14.1. The molecule has 0 saturated heterocycles. The van der Waals surface area contributed by atoms with Gasteiger partial charge >= 0.3 is 0 Å². The van der Waals surface area contributed by atoms with E-state index in [0.29, 0.717) is 23.7 Å². The molecule has 0 aromatic carbocycles. The second-order valence-electron chi connectivity index (χ2n) is 5.52. The van der Waals surface area contributed by atoms with Gasteiger partial charge in [-0.3, -0.25) is 19.9 Å². The van der Waals surface area contributed by atoms with E-state index in [9.17, 15) is 4.79 Å². The van der Waals surface area contributed by atoms with Gasteiger partial charge in [-0.1, -0.05) is 12.1 Å². The van der Waals surface area contributed by atoms with E-state index < -0.39 is 0 Å². The second kappa shape index (κ2) is 7.67. The standard InChI is InChI=1S/C18H19N5O2/c1-23(17(12-25-2)14-8-4-6-10-20-14)18(24)16-11-15(21-22-16)13-7-3-5-9-19-13/h3-11,17H,12H2,1-2H3,(H,21,22)/t17-/m0/s1. The zero-order chi connectivity index (χ0) is 17.6. The highest BCUT2D eigenvalue weighted by Gasteiger charge is 2.25. The summed E-state index contributed by atoms with van der Waals surface area (Å²) in [6.45, 7) is 0.348. The molecule has 1 N–H and O–H groups in total. The fourth-order valence-electron chi connectivity index (χ4n) is 2.53. The summed E-state index contributed by atoms with van der Waals surface area (Å²) in [5, 5.41) is 6.98. The Balaban J connectivity index is 1.83. The van der Waals surface area contributed by atoms with Crippen LogP contribution in [-0.4, -0.2) is 51.7 Å². The summed E-state index contributed by atoms with van der Waals surface area (Å²) >= 11 is 0. The highest BCUT2D eigenvalue weighted by molar-refractivity contribution is 5.93. The number of amides is 1. The number of aromatic amines is 1. The largest absolute Gasteiger partial charge is 0.382 e. The summed E-state index contributed by atoms with van der Waals surface area (Å²) in [6.07, 6.45) is 3.39. The number of likely N-dealkylation sites (N-methyl/N-ethyl adjacent to an activating group) is 1. The van der Waals surface area contributed by atoms with Gasteiger partial charge in [-0.2, -0.15) is 5.10 Å². The van der Waals surface area contributed by atoms with Gasteiger partial charge in [0.25, 0.3) is 5.91 Å². The maximum Gasteiger partial charge on any atom is 0.272 e. The number of ether oxygens (including phenoxy) is 1. The van der Waals surface area contributed by atoms with Crippen molar-refractivity contribution < 1.29 is 9.53 Å². The Morgan fingerprint density at radius 1 is 1.16 bits per heavy atom. The Hall–Kier alpha value is -3.06. The number of nitrogens with zero attached hydrogens (tertiary/aromatic N) is 4. The van der Waals surface area contributed by atoms with E-state index >= 15 is 0 Å². The van der Waals surface area contributed by atoms with Crippen molar-refractivity contribution in [1.29, 1.82) is 0 Å². The lowest BCUT2D eigenvalue weighted by molar-refractivity contribution is 0.0589. The van der Waals surface area contributed by atoms with Gasteiger partial charge in [0.05, 0.1) is 24.0 Å². The van der Waals surface area contributed by atoms with Crippen molar-refractivity contribution in [3.8, 4) is 11.4 Å². The van der Waals surface area contributed by atoms with Crippen molar-refractivity contribution in [3.63, 3.8) is 0 Å². The van der Waals surface area contributed by atoms with E-state index in [0.717, 1.165) is 5.69 Å². The lowest BCUT2D eigenvalue weighted by Gasteiger charge is -2.26. The van der Waals surface area contributed by atoms with Crippen molar-refractivity contribution >= 4 is 5.91 Å². The summed E-state index contributed by atoms with van der Waals surface area (Å²) in [6, 6.07) is 12.6. The number of carbonyl (C=O) groups excluding carboxylic acids is 1. The summed E-state index contributed by atoms with van der Waals surface area (Å²) in [4.78, 5) is 23.0. The predicted octanol–water partition coefficient (Wildman–Crippen LogP) is 2.33. The first-order chi connectivity index (χ1) is 12.2. The van der Waals surface area contributed by atoms with Crippen LogP contribution < -0.4 is 0 Å². The van der Waals surface area contributed by atoms with Gasteiger partial charge in [0.15, 0.2) is 0 Å². The van der Waals surface area contributed by atoms with Crippen LogP contribution in [0, 0.1) is 0 Å². The van der Waals surface area contributed by atoms with Crippen molar-refractivity contribution in [1.82, 2.24) is 25.1 Å². The molecule has 3 heterocycles. The molecule has 7 nitrogen and oxygen atoms in total. The molecule has 128 valence electrons.